The van der Waals surface area contributed by atoms with Crippen LogP contribution in [0.4, 0.5) is 11.4 Å². The summed E-state index contributed by atoms with van der Waals surface area (Å²) in [5.41, 5.74) is 1.12. The SMILES string of the molecule is C=CCOc1ccc(/C=C/C(=O)OCC(=O)Nc2c(C)cccc2[N+](=O)[O-])cc1. The largest absolute Gasteiger partial charge is 0.490 e. The molecule has 0 saturated heterocycles. The molecule has 0 heterocycles. The molecule has 8 heteroatoms. The second-order valence-corrected chi connectivity index (χ2v) is 5.88. The Kier molecular flexibility index (Phi) is 7.67. The Labute approximate surface area is 167 Å². The lowest BCUT2D eigenvalue weighted by Gasteiger charge is -2.08. The summed E-state index contributed by atoms with van der Waals surface area (Å²) in [5.74, 6) is -0.717. The summed E-state index contributed by atoms with van der Waals surface area (Å²) in [7, 11) is 0. The number of para-hydroxylation sites is 1. The maximum atomic E-state index is 12.0. The van der Waals surface area contributed by atoms with Crippen LogP contribution in [0.25, 0.3) is 6.08 Å². The molecule has 0 bridgehead atoms. The normalized spacial score (nSPS) is 10.4. The Hall–Kier alpha value is -3.94. The first-order valence-electron chi connectivity index (χ1n) is 8.63. The van der Waals surface area contributed by atoms with Crippen LogP contribution in [0.2, 0.25) is 0 Å². The van der Waals surface area contributed by atoms with Gasteiger partial charge in [0.25, 0.3) is 11.6 Å². The zero-order valence-electron chi connectivity index (χ0n) is 15.8. The number of esters is 1. The molecule has 1 amide bonds. The topological polar surface area (TPSA) is 108 Å². The van der Waals surface area contributed by atoms with E-state index >= 15 is 0 Å². The number of hydrogen-bond acceptors (Lipinski definition) is 6. The van der Waals surface area contributed by atoms with E-state index < -0.39 is 23.4 Å². The molecule has 0 unspecified atom stereocenters. The number of carbonyl (C=O) groups excluding carboxylic acids is 2. The summed E-state index contributed by atoms with van der Waals surface area (Å²) in [6, 6.07) is 11.4. The second-order valence-electron chi connectivity index (χ2n) is 5.88. The molecule has 0 radical (unpaired) electrons. The predicted molar refractivity (Wildman–Crippen MR) is 109 cm³/mol. The van der Waals surface area contributed by atoms with Crippen LogP contribution in [-0.2, 0) is 14.3 Å². The zero-order chi connectivity index (χ0) is 21.2. The number of benzene rings is 2. The summed E-state index contributed by atoms with van der Waals surface area (Å²) >= 11 is 0. The van der Waals surface area contributed by atoms with E-state index in [9.17, 15) is 19.7 Å². The van der Waals surface area contributed by atoms with Gasteiger partial charge in [-0.3, -0.25) is 14.9 Å². The monoisotopic (exact) mass is 396 g/mol. The molecule has 0 spiro atoms. The van der Waals surface area contributed by atoms with Gasteiger partial charge in [-0.05, 0) is 36.3 Å². The third-order valence-corrected chi connectivity index (χ3v) is 3.72. The minimum Gasteiger partial charge on any atom is -0.490 e. The number of rotatable bonds is 9. The number of ether oxygens (including phenoxy) is 2. The average molecular weight is 396 g/mol. The number of amides is 1. The summed E-state index contributed by atoms with van der Waals surface area (Å²) in [4.78, 5) is 34.2. The zero-order valence-corrected chi connectivity index (χ0v) is 15.8. The van der Waals surface area contributed by atoms with Crippen molar-refractivity contribution in [1.82, 2.24) is 0 Å². The van der Waals surface area contributed by atoms with Crippen molar-refractivity contribution in [1.29, 1.82) is 0 Å². The van der Waals surface area contributed by atoms with Gasteiger partial charge < -0.3 is 14.8 Å². The molecule has 0 saturated carbocycles. The third-order valence-electron chi connectivity index (χ3n) is 3.72. The molecular weight excluding hydrogens is 376 g/mol. The number of nitrogens with zero attached hydrogens (tertiary/aromatic N) is 1. The summed E-state index contributed by atoms with van der Waals surface area (Å²) < 4.78 is 10.2. The Morgan fingerprint density at radius 2 is 1.93 bits per heavy atom. The van der Waals surface area contributed by atoms with Gasteiger partial charge in [0.15, 0.2) is 6.61 Å². The highest BCUT2D eigenvalue weighted by Crippen LogP contribution is 2.27. The van der Waals surface area contributed by atoms with E-state index in [1.54, 1.807) is 43.3 Å². The highest BCUT2D eigenvalue weighted by atomic mass is 16.6. The number of anilines is 1. The Morgan fingerprint density at radius 1 is 1.21 bits per heavy atom. The minimum absolute atomic E-state index is 0.0767. The van der Waals surface area contributed by atoms with E-state index in [4.69, 9.17) is 9.47 Å². The van der Waals surface area contributed by atoms with Crippen molar-refractivity contribution in [2.45, 2.75) is 6.92 Å². The fraction of sp³-hybridized carbons (Fsp3) is 0.143. The summed E-state index contributed by atoms with van der Waals surface area (Å²) in [5, 5.41) is 13.5. The predicted octanol–water partition coefficient (Wildman–Crippen LogP) is 3.66. The molecule has 0 aliphatic carbocycles. The number of hydrogen-bond donors (Lipinski definition) is 1. The van der Waals surface area contributed by atoms with Gasteiger partial charge in [0.1, 0.15) is 18.0 Å². The van der Waals surface area contributed by atoms with Gasteiger partial charge in [-0.1, -0.05) is 36.9 Å². The first-order chi connectivity index (χ1) is 13.9. The molecular formula is C21H20N2O6. The van der Waals surface area contributed by atoms with Crippen molar-refractivity contribution in [3.8, 4) is 5.75 Å². The molecule has 2 aromatic carbocycles. The lowest BCUT2D eigenvalue weighted by atomic mass is 10.1. The number of nitrogens with one attached hydrogen (secondary N) is 1. The summed E-state index contributed by atoms with van der Waals surface area (Å²) in [6.07, 6.45) is 4.35. The molecule has 8 nitrogen and oxygen atoms in total. The van der Waals surface area contributed by atoms with E-state index in [2.05, 4.69) is 11.9 Å². The Morgan fingerprint density at radius 3 is 2.59 bits per heavy atom. The number of carbonyl (C=O) groups is 2. The van der Waals surface area contributed by atoms with Crippen LogP contribution in [0.5, 0.6) is 5.75 Å². The molecule has 0 fully saturated rings. The van der Waals surface area contributed by atoms with Crippen molar-refractivity contribution in [3.05, 3.63) is 82.4 Å². The Balaban J connectivity index is 1.88. The van der Waals surface area contributed by atoms with Crippen LogP contribution in [0.3, 0.4) is 0 Å². The molecule has 0 aliphatic heterocycles. The van der Waals surface area contributed by atoms with Gasteiger partial charge in [-0.2, -0.15) is 0 Å². The van der Waals surface area contributed by atoms with E-state index in [-0.39, 0.29) is 11.4 Å². The van der Waals surface area contributed by atoms with Gasteiger partial charge in [0.2, 0.25) is 0 Å². The van der Waals surface area contributed by atoms with E-state index in [0.717, 1.165) is 5.56 Å². The standard InChI is InChI=1S/C21H20N2O6/c1-3-13-28-17-10-7-16(8-11-17)9-12-20(25)29-14-19(24)22-21-15(2)5-4-6-18(21)23(26)27/h3-12H,1,13-14H2,2H3,(H,22,24)/b12-9+. The lowest BCUT2D eigenvalue weighted by molar-refractivity contribution is -0.384. The number of aryl methyl sites for hydroxylation is 1. The highest BCUT2D eigenvalue weighted by Gasteiger charge is 2.18. The molecule has 0 atom stereocenters. The lowest BCUT2D eigenvalue weighted by Crippen LogP contribution is -2.21. The molecule has 0 aromatic heterocycles. The van der Waals surface area contributed by atoms with Gasteiger partial charge in [0.05, 0.1) is 4.92 Å². The molecule has 0 aliphatic rings. The molecule has 150 valence electrons. The maximum Gasteiger partial charge on any atom is 0.331 e. The van der Waals surface area contributed by atoms with E-state index in [0.29, 0.717) is 17.9 Å². The molecule has 2 aromatic rings. The first kappa shape index (κ1) is 21.4. The fourth-order valence-corrected chi connectivity index (χ4v) is 2.32. The smallest absolute Gasteiger partial charge is 0.331 e. The van der Waals surface area contributed by atoms with Crippen LogP contribution in [0.15, 0.2) is 61.2 Å². The average Bonchev–Trinajstić information content (AvgIpc) is 2.71. The summed E-state index contributed by atoms with van der Waals surface area (Å²) in [6.45, 7) is 5.03. The minimum atomic E-state index is -0.716. The van der Waals surface area contributed by atoms with Crippen molar-refractivity contribution < 1.29 is 24.0 Å². The quantitative estimate of drug-likeness (QED) is 0.228. The van der Waals surface area contributed by atoms with E-state index in [1.165, 1.54) is 24.3 Å². The third kappa shape index (κ3) is 6.62. The van der Waals surface area contributed by atoms with Crippen LogP contribution in [0, 0.1) is 17.0 Å². The Bertz CT molecular complexity index is 935. The van der Waals surface area contributed by atoms with E-state index in [1.807, 2.05) is 0 Å². The van der Waals surface area contributed by atoms with Crippen LogP contribution in [0.1, 0.15) is 11.1 Å². The number of nitro benzene ring substituents is 1. The fourth-order valence-electron chi connectivity index (χ4n) is 2.32. The number of nitro groups is 1. The first-order valence-corrected chi connectivity index (χ1v) is 8.63. The van der Waals surface area contributed by atoms with Crippen molar-refractivity contribution in [2.24, 2.45) is 0 Å². The second kappa shape index (κ2) is 10.4. The molecule has 2 rings (SSSR count). The van der Waals surface area contributed by atoms with Crippen molar-refractivity contribution >= 4 is 29.3 Å². The molecule has 29 heavy (non-hydrogen) atoms. The van der Waals surface area contributed by atoms with Crippen molar-refractivity contribution in [2.75, 3.05) is 18.5 Å². The van der Waals surface area contributed by atoms with Gasteiger partial charge >= 0.3 is 5.97 Å². The van der Waals surface area contributed by atoms with Crippen LogP contribution < -0.4 is 10.1 Å². The van der Waals surface area contributed by atoms with Gasteiger partial charge in [-0.15, -0.1) is 0 Å². The van der Waals surface area contributed by atoms with Crippen LogP contribution in [-0.4, -0.2) is 30.0 Å². The van der Waals surface area contributed by atoms with Gasteiger partial charge in [-0.25, -0.2) is 4.79 Å². The highest BCUT2D eigenvalue weighted by molar-refractivity contribution is 5.96. The maximum absolute atomic E-state index is 12.0. The molecule has 1 N–H and O–H groups in total. The van der Waals surface area contributed by atoms with Crippen molar-refractivity contribution in [3.63, 3.8) is 0 Å². The van der Waals surface area contributed by atoms with Crippen LogP contribution >= 0.6 is 0 Å². The van der Waals surface area contributed by atoms with Gasteiger partial charge in [0, 0.05) is 12.1 Å².